The molecule has 1 fully saturated rings. The highest BCUT2D eigenvalue weighted by Crippen LogP contribution is 2.28. The van der Waals surface area contributed by atoms with Gasteiger partial charge in [0.2, 0.25) is 15.9 Å². The molecule has 8 nitrogen and oxygen atoms in total. The molecule has 2 aliphatic rings. The molecule has 33 heavy (non-hydrogen) atoms. The minimum Gasteiger partial charge on any atom is -0.472 e. The predicted molar refractivity (Wildman–Crippen MR) is 126 cm³/mol. The van der Waals surface area contributed by atoms with Crippen molar-refractivity contribution >= 4 is 15.9 Å². The average Bonchev–Trinajstić information content (AvgIpc) is 2.79. The lowest BCUT2D eigenvalue weighted by Gasteiger charge is -2.37. The maximum Gasteiger partial charge on any atom is 0.259 e. The third-order valence-electron chi connectivity index (χ3n) is 6.55. The van der Waals surface area contributed by atoms with E-state index >= 15 is 0 Å². The fraction of sp³-hybridized carbons (Fsp3) is 0.667. The number of nitrogens with zero attached hydrogens (tertiary/aromatic N) is 3. The molecule has 1 aliphatic carbocycles. The molecule has 9 heteroatoms. The molecule has 182 valence electrons. The van der Waals surface area contributed by atoms with E-state index in [1.807, 2.05) is 6.92 Å². The summed E-state index contributed by atoms with van der Waals surface area (Å²) in [5.74, 6) is 6.57. The molecule has 0 bridgehead atoms. The maximum absolute atomic E-state index is 13.4. The second kappa shape index (κ2) is 10.9. The molecule has 1 aromatic rings. The van der Waals surface area contributed by atoms with Crippen LogP contribution in [0.4, 0.5) is 0 Å². The molecular weight excluding hydrogens is 442 g/mol. The SMILES string of the molecule is C[C@@H]1CN([C@@H](C)CO)C(=O)c2cc(C#CC3CCCCC3)cnc2O[C@H]1CN(C)S(C)(=O)=O. The van der Waals surface area contributed by atoms with Crippen molar-refractivity contribution in [1.29, 1.82) is 0 Å². The summed E-state index contributed by atoms with van der Waals surface area (Å²) in [6, 6.07) is 1.29. The van der Waals surface area contributed by atoms with Gasteiger partial charge in [-0.3, -0.25) is 4.79 Å². The molecule has 0 aromatic carbocycles. The Hall–Kier alpha value is -2.15. The summed E-state index contributed by atoms with van der Waals surface area (Å²) in [6.45, 7) is 3.95. The minimum absolute atomic E-state index is 0.125. The molecule has 0 saturated heterocycles. The highest BCUT2D eigenvalue weighted by Gasteiger charge is 2.35. The van der Waals surface area contributed by atoms with Crippen LogP contribution in [-0.4, -0.2) is 78.8 Å². The van der Waals surface area contributed by atoms with Crippen LogP contribution in [0.5, 0.6) is 5.88 Å². The summed E-state index contributed by atoms with van der Waals surface area (Å²) in [6.07, 6.45) is 8.09. The van der Waals surface area contributed by atoms with E-state index in [0.29, 0.717) is 18.0 Å². The van der Waals surface area contributed by atoms with Crippen molar-refractivity contribution in [3.63, 3.8) is 0 Å². The normalized spacial score (nSPS) is 23.1. The number of aliphatic hydroxyl groups excluding tert-OH is 1. The topological polar surface area (TPSA) is 100 Å². The summed E-state index contributed by atoms with van der Waals surface area (Å²) >= 11 is 0. The van der Waals surface area contributed by atoms with Gasteiger partial charge in [-0.25, -0.2) is 17.7 Å². The Balaban J connectivity index is 1.96. The minimum atomic E-state index is -3.40. The zero-order chi connectivity index (χ0) is 24.2. The smallest absolute Gasteiger partial charge is 0.259 e. The van der Waals surface area contributed by atoms with Crippen LogP contribution in [0.15, 0.2) is 12.3 Å². The van der Waals surface area contributed by atoms with Gasteiger partial charge in [-0.2, -0.15) is 0 Å². The van der Waals surface area contributed by atoms with Gasteiger partial charge in [0.25, 0.3) is 5.91 Å². The van der Waals surface area contributed by atoms with Crippen LogP contribution in [-0.2, 0) is 10.0 Å². The van der Waals surface area contributed by atoms with Crippen LogP contribution in [0.3, 0.4) is 0 Å². The summed E-state index contributed by atoms with van der Waals surface area (Å²) in [5.41, 5.74) is 0.927. The standard InChI is InChI=1S/C24H35N3O5S/c1-17-14-27(18(2)16-28)24(29)21-12-20(11-10-19-8-6-5-7-9-19)13-25-23(21)32-22(17)15-26(3)33(4,30)31/h12-13,17-19,22,28H,5-9,14-16H2,1-4H3/t17-,18+,22+/m1/s1. The van der Waals surface area contributed by atoms with E-state index in [9.17, 15) is 18.3 Å². The van der Waals surface area contributed by atoms with E-state index in [0.717, 1.165) is 19.1 Å². The fourth-order valence-electron chi connectivity index (χ4n) is 4.21. The van der Waals surface area contributed by atoms with Gasteiger partial charge in [0.15, 0.2) is 0 Å². The number of pyridine rings is 1. The van der Waals surface area contributed by atoms with Crippen molar-refractivity contribution < 1.29 is 23.1 Å². The average molecular weight is 478 g/mol. The Morgan fingerprint density at radius 3 is 2.67 bits per heavy atom. The van der Waals surface area contributed by atoms with Gasteiger partial charge >= 0.3 is 0 Å². The Kier molecular flexibility index (Phi) is 8.38. The Labute approximate surface area is 197 Å². The second-order valence-electron chi connectivity index (χ2n) is 9.35. The van der Waals surface area contributed by atoms with Crippen molar-refractivity contribution in [3.8, 4) is 17.7 Å². The lowest BCUT2D eigenvalue weighted by molar-refractivity contribution is 0.0373. The monoisotopic (exact) mass is 477 g/mol. The maximum atomic E-state index is 13.4. The summed E-state index contributed by atoms with van der Waals surface area (Å²) in [7, 11) is -1.90. The number of hydrogen-bond donors (Lipinski definition) is 1. The predicted octanol–water partition coefficient (Wildman–Crippen LogP) is 2.12. The molecule has 3 atom stereocenters. The molecule has 1 aliphatic heterocycles. The Morgan fingerprint density at radius 2 is 2.03 bits per heavy atom. The number of fused-ring (bicyclic) bond motifs is 1. The number of aromatic nitrogens is 1. The number of sulfonamides is 1. The zero-order valence-electron chi connectivity index (χ0n) is 20.0. The van der Waals surface area contributed by atoms with Gasteiger partial charge in [-0.15, -0.1) is 0 Å². The van der Waals surface area contributed by atoms with E-state index < -0.39 is 22.2 Å². The summed E-state index contributed by atoms with van der Waals surface area (Å²) < 4.78 is 31.3. The van der Waals surface area contributed by atoms with Crippen LogP contribution in [0.1, 0.15) is 61.9 Å². The molecule has 3 rings (SSSR count). The second-order valence-corrected chi connectivity index (χ2v) is 11.4. The molecule has 0 spiro atoms. The quantitative estimate of drug-likeness (QED) is 0.652. The third kappa shape index (κ3) is 6.46. The van der Waals surface area contributed by atoms with E-state index in [2.05, 4.69) is 16.8 Å². The van der Waals surface area contributed by atoms with Crippen LogP contribution >= 0.6 is 0 Å². The van der Waals surface area contributed by atoms with E-state index in [-0.39, 0.29) is 36.4 Å². The molecular formula is C24H35N3O5S. The van der Waals surface area contributed by atoms with Crippen LogP contribution in [0, 0.1) is 23.7 Å². The van der Waals surface area contributed by atoms with Gasteiger partial charge < -0.3 is 14.7 Å². The van der Waals surface area contributed by atoms with Crippen LogP contribution in [0.2, 0.25) is 0 Å². The van der Waals surface area contributed by atoms with Crippen molar-refractivity contribution in [2.45, 2.75) is 58.1 Å². The van der Waals surface area contributed by atoms with Gasteiger partial charge in [0.1, 0.15) is 11.7 Å². The summed E-state index contributed by atoms with van der Waals surface area (Å²) in [4.78, 5) is 19.4. The molecule has 2 heterocycles. The van der Waals surface area contributed by atoms with Gasteiger partial charge in [0.05, 0.1) is 25.4 Å². The molecule has 1 N–H and O–H groups in total. The van der Waals surface area contributed by atoms with Crippen molar-refractivity contribution in [2.24, 2.45) is 11.8 Å². The van der Waals surface area contributed by atoms with Gasteiger partial charge in [0, 0.05) is 37.2 Å². The largest absolute Gasteiger partial charge is 0.472 e. The highest BCUT2D eigenvalue weighted by atomic mass is 32.2. The number of carbonyl (C=O) groups is 1. The number of rotatable bonds is 5. The first-order valence-electron chi connectivity index (χ1n) is 11.6. The third-order valence-corrected chi connectivity index (χ3v) is 7.83. The van der Waals surface area contributed by atoms with Crippen LogP contribution in [0.25, 0.3) is 0 Å². The number of ether oxygens (including phenoxy) is 1. The first kappa shape index (κ1) is 25.5. The lowest BCUT2D eigenvalue weighted by atomic mass is 9.90. The number of aliphatic hydroxyl groups is 1. The number of carbonyl (C=O) groups excluding carboxylic acids is 1. The zero-order valence-corrected chi connectivity index (χ0v) is 20.8. The lowest BCUT2D eigenvalue weighted by Crippen LogP contribution is -2.50. The molecule has 0 unspecified atom stereocenters. The van der Waals surface area contributed by atoms with E-state index in [1.54, 1.807) is 24.1 Å². The Bertz CT molecular complexity index is 1010. The van der Waals surface area contributed by atoms with Crippen molar-refractivity contribution in [1.82, 2.24) is 14.2 Å². The molecule has 1 saturated carbocycles. The molecule has 1 aromatic heterocycles. The highest BCUT2D eigenvalue weighted by molar-refractivity contribution is 7.88. The van der Waals surface area contributed by atoms with E-state index in [1.165, 1.54) is 30.6 Å². The van der Waals surface area contributed by atoms with Crippen molar-refractivity contribution in [2.75, 3.05) is 33.0 Å². The van der Waals surface area contributed by atoms with Gasteiger partial charge in [-0.1, -0.05) is 38.0 Å². The number of amides is 1. The first-order chi connectivity index (χ1) is 15.6. The molecule has 1 amide bonds. The number of likely N-dealkylation sites (N-methyl/N-ethyl adjacent to an activating group) is 1. The fourth-order valence-corrected chi connectivity index (χ4v) is 4.63. The molecule has 0 radical (unpaired) electrons. The summed E-state index contributed by atoms with van der Waals surface area (Å²) in [5, 5.41) is 9.75. The number of hydrogen-bond acceptors (Lipinski definition) is 6. The van der Waals surface area contributed by atoms with Crippen molar-refractivity contribution in [3.05, 3.63) is 23.4 Å². The van der Waals surface area contributed by atoms with Crippen LogP contribution < -0.4 is 4.74 Å². The van der Waals surface area contributed by atoms with Gasteiger partial charge in [-0.05, 0) is 25.8 Å². The Morgan fingerprint density at radius 1 is 1.33 bits per heavy atom. The first-order valence-corrected chi connectivity index (χ1v) is 13.5. The van der Waals surface area contributed by atoms with E-state index in [4.69, 9.17) is 4.74 Å².